The molecule has 1 amide bonds. The lowest BCUT2D eigenvalue weighted by molar-refractivity contribution is 0.0674. The maximum absolute atomic E-state index is 12.7. The molecule has 5 nitrogen and oxygen atoms in total. The summed E-state index contributed by atoms with van der Waals surface area (Å²) in [7, 11) is 0. The number of nitrogens with zero attached hydrogens (tertiary/aromatic N) is 2. The fourth-order valence-corrected chi connectivity index (χ4v) is 4.14. The molecule has 2 fully saturated rings. The summed E-state index contributed by atoms with van der Waals surface area (Å²) >= 11 is 0. The molecular formula is C18H25N3O2. The number of nitrogens with one attached hydrogen (secondary N) is 1. The van der Waals surface area contributed by atoms with E-state index in [0.29, 0.717) is 12.0 Å². The van der Waals surface area contributed by atoms with Crippen molar-refractivity contribution in [3.8, 4) is 0 Å². The minimum absolute atomic E-state index is 0.190. The van der Waals surface area contributed by atoms with Crippen molar-refractivity contribution in [3.05, 3.63) is 29.3 Å². The average Bonchev–Trinajstić information content (AvgIpc) is 3.20. The Morgan fingerprint density at radius 1 is 1.30 bits per heavy atom. The highest BCUT2D eigenvalue weighted by atomic mass is 16.3. The first kappa shape index (κ1) is 15.0. The highest BCUT2D eigenvalue weighted by Gasteiger charge is 2.34. The number of carbonyl (C=O) groups is 1. The van der Waals surface area contributed by atoms with Crippen LogP contribution < -0.4 is 10.2 Å². The molecule has 0 bridgehead atoms. The third-order valence-electron chi connectivity index (χ3n) is 5.54. The molecule has 0 spiro atoms. The van der Waals surface area contributed by atoms with Gasteiger partial charge in [0.1, 0.15) is 0 Å². The Morgan fingerprint density at radius 3 is 2.96 bits per heavy atom. The molecule has 2 N–H and O–H groups in total. The van der Waals surface area contributed by atoms with Crippen molar-refractivity contribution in [1.29, 1.82) is 0 Å². The van der Waals surface area contributed by atoms with Gasteiger partial charge in [0.2, 0.25) is 0 Å². The van der Waals surface area contributed by atoms with Crippen molar-refractivity contribution in [3.63, 3.8) is 0 Å². The predicted octanol–water partition coefficient (Wildman–Crippen LogP) is 1.21. The third-order valence-corrected chi connectivity index (χ3v) is 5.54. The number of fused-ring (bicyclic) bond motifs is 1. The number of aliphatic hydroxyl groups is 1. The summed E-state index contributed by atoms with van der Waals surface area (Å²) in [5, 5.41) is 12.7. The summed E-state index contributed by atoms with van der Waals surface area (Å²) in [6, 6.07) is 6.58. The highest BCUT2D eigenvalue weighted by molar-refractivity contribution is 5.99. The average molecular weight is 315 g/mol. The van der Waals surface area contributed by atoms with Gasteiger partial charge in [-0.3, -0.25) is 4.79 Å². The largest absolute Gasteiger partial charge is 0.396 e. The molecule has 3 heterocycles. The molecule has 124 valence electrons. The van der Waals surface area contributed by atoms with E-state index in [9.17, 15) is 9.90 Å². The van der Waals surface area contributed by atoms with Crippen LogP contribution in [0.15, 0.2) is 18.2 Å². The van der Waals surface area contributed by atoms with Crippen LogP contribution in [0.2, 0.25) is 0 Å². The summed E-state index contributed by atoms with van der Waals surface area (Å²) in [5.74, 6) is 0.574. The number of anilines is 1. The molecular weight excluding hydrogens is 290 g/mol. The Hall–Kier alpha value is -1.59. The number of benzene rings is 1. The van der Waals surface area contributed by atoms with Crippen molar-refractivity contribution in [1.82, 2.24) is 10.2 Å². The standard InChI is InChI=1S/C18H25N3O2/c22-12-13-5-7-20(10-13)15-3-4-17-14(8-15)11-21(18(17)23)16-2-1-6-19-9-16/h3-4,8,13,16,19,22H,1-2,5-7,9-12H2/t13-,16?/m0/s1. The zero-order chi connectivity index (χ0) is 15.8. The number of hydrogen-bond donors (Lipinski definition) is 2. The Kier molecular flexibility index (Phi) is 3.99. The Balaban J connectivity index is 1.52. The van der Waals surface area contributed by atoms with Crippen LogP contribution in [0.4, 0.5) is 5.69 Å². The monoisotopic (exact) mass is 315 g/mol. The fraction of sp³-hybridized carbons (Fsp3) is 0.611. The second kappa shape index (κ2) is 6.13. The van der Waals surface area contributed by atoms with E-state index < -0.39 is 0 Å². The first-order chi connectivity index (χ1) is 11.3. The van der Waals surface area contributed by atoms with E-state index in [-0.39, 0.29) is 12.5 Å². The van der Waals surface area contributed by atoms with Gasteiger partial charge in [-0.05, 0) is 49.6 Å². The number of aliphatic hydroxyl groups excluding tert-OH is 1. The topological polar surface area (TPSA) is 55.8 Å². The van der Waals surface area contributed by atoms with Crippen LogP contribution in [0, 0.1) is 5.92 Å². The molecule has 5 heteroatoms. The summed E-state index contributed by atoms with van der Waals surface area (Å²) < 4.78 is 0. The van der Waals surface area contributed by atoms with Crippen LogP contribution in [-0.2, 0) is 6.54 Å². The van der Waals surface area contributed by atoms with E-state index in [1.807, 2.05) is 11.0 Å². The maximum Gasteiger partial charge on any atom is 0.254 e. The van der Waals surface area contributed by atoms with E-state index in [2.05, 4.69) is 22.3 Å². The number of rotatable bonds is 3. The van der Waals surface area contributed by atoms with Gasteiger partial charge < -0.3 is 20.2 Å². The first-order valence-corrected chi connectivity index (χ1v) is 8.76. The molecule has 1 aromatic carbocycles. The van der Waals surface area contributed by atoms with E-state index in [0.717, 1.165) is 63.1 Å². The lowest BCUT2D eigenvalue weighted by Crippen LogP contribution is -2.46. The molecule has 0 radical (unpaired) electrons. The molecule has 3 aliphatic heterocycles. The van der Waals surface area contributed by atoms with Gasteiger partial charge in [-0.15, -0.1) is 0 Å². The van der Waals surface area contributed by atoms with E-state index in [1.54, 1.807) is 0 Å². The third kappa shape index (κ3) is 2.72. The molecule has 1 unspecified atom stereocenters. The highest BCUT2D eigenvalue weighted by Crippen LogP contribution is 2.31. The summed E-state index contributed by atoms with van der Waals surface area (Å²) in [5.41, 5.74) is 3.22. The van der Waals surface area contributed by atoms with Gasteiger partial charge in [0, 0.05) is 56.0 Å². The second-order valence-electron chi connectivity index (χ2n) is 7.06. The van der Waals surface area contributed by atoms with Crippen LogP contribution in [0.1, 0.15) is 35.2 Å². The number of piperidine rings is 1. The van der Waals surface area contributed by atoms with Gasteiger partial charge in [-0.1, -0.05) is 0 Å². The van der Waals surface area contributed by atoms with Gasteiger partial charge >= 0.3 is 0 Å². The number of carbonyl (C=O) groups excluding carboxylic acids is 1. The van der Waals surface area contributed by atoms with Crippen LogP contribution in [-0.4, -0.2) is 54.7 Å². The first-order valence-electron chi connectivity index (χ1n) is 8.76. The molecule has 2 atom stereocenters. The lowest BCUT2D eigenvalue weighted by atomic mass is 10.1. The summed E-state index contributed by atoms with van der Waals surface area (Å²) in [4.78, 5) is 17.1. The minimum Gasteiger partial charge on any atom is -0.396 e. The molecule has 3 aliphatic rings. The molecule has 0 aliphatic carbocycles. The zero-order valence-electron chi connectivity index (χ0n) is 13.5. The molecule has 23 heavy (non-hydrogen) atoms. The summed E-state index contributed by atoms with van der Waals surface area (Å²) in [6.07, 6.45) is 3.29. The van der Waals surface area contributed by atoms with Crippen molar-refractivity contribution >= 4 is 11.6 Å². The SMILES string of the molecule is O=C1c2ccc(N3CC[C@H](CO)C3)cc2CN1C1CCCNC1. The zero-order valence-corrected chi connectivity index (χ0v) is 13.5. The van der Waals surface area contributed by atoms with E-state index in [1.165, 1.54) is 5.69 Å². The predicted molar refractivity (Wildman–Crippen MR) is 89.6 cm³/mol. The molecule has 1 aromatic rings. The fourth-order valence-electron chi connectivity index (χ4n) is 4.14. The van der Waals surface area contributed by atoms with Gasteiger partial charge in [-0.25, -0.2) is 0 Å². The number of hydrogen-bond acceptors (Lipinski definition) is 4. The minimum atomic E-state index is 0.190. The Morgan fingerprint density at radius 2 is 2.22 bits per heavy atom. The molecule has 0 saturated carbocycles. The van der Waals surface area contributed by atoms with E-state index in [4.69, 9.17) is 0 Å². The van der Waals surface area contributed by atoms with E-state index >= 15 is 0 Å². The van der Waals surface area contributed by atoms with Gasteiger partial charge in [0.05, 0.1) is 0 Å². The normalized spacial score (nSPS) is 27.6. The smallest absolute Gasteiger partial charge is 0.254 e. The van der Waals surface area contributed by atoms with Gasteiger partial charge in [0.25, 0.3) is 5.91 Å². The maximum atomic E-state index is 12.7. The Bertz CT molecular complexity index is 598. The molecule has 2 saturated heterocycles. The summed E-state index contributed by atoms with van der Waals surface area (Å²) in [6.45, 7) is 4.90. The van der Waals surface area contributed by atoms with Crippen LogP contribution in [0.25, 0.3) is 0 Å². The van der Waals surface area contributed by atoms with Crippen LogP contribution in [0.5, 0.6) is 0 Å². The van der Waals surface area contributed by atoms with Crippen molar-refractivity contribution < 1.29 is 9.90 Å². The van der Waals surface area contributed by atoms with Gasteiger partial charge in [-0.2, -0.15) is 0 Å². The second-order valence-corrected chi connectivity index (χ2v) is 7.06. The van der Waals surface area contributed by atoms with Crippen molar-refractivity contribution in [2.45, 2.75) is 31.8 Å². The van der Waals surface area contributed by atoms with Gasteiger partial charge in [0.15, 0.2) is 0 Å². The van der Waals surface area contributed by atoms with Crippen LogP contribution >= 0.6 is 0 Å². The quantitative estimate of drug-likeness (QED) is 0.880. The van der Waals surface area contributed by atoms with Crippen molar-refractivity contribution in [2.75, 3.05) is 37.7 Å². The Labute approximate surface area is 137 Å². The number of amides is 1. The van der Waals surface area contributed by atoms with Crippen molar-refractivity contribution in [2.24, 2.45) is 5.92 Å². The molecule has 0 aromatic heterocycles. The lowest BCUT2D eigenvalue weighted by Gasteiger charge is -2.31. The van der Waals surface area contributed by atoms with Crippen LogP contribution in [0.3, 0.4) is 0 Å². The molecule has 4 rings (SSSR count).